The lowest BCUT2D eigenvalue weighted by Crippen LogP contribution is -1.93. The minimum Gasteiger partial charge on any atom is -0.455 e. The van der Waals surface area contributed by atoms with Crippen molar-refractivity contribution in [2.24, 2.45) is 0 Å². The second-order valence-electron chi connectivity index (χ2n) is 10.8. The SMILES string of the molecule is [2H]c1c([2H])c([2H])c(-c2c3ccccc3c(-c3c([2H])c([2H])c([2H])c4oc5c(-c6ccccc6)c([2H])c([2H])c([2H])c5c34)c3ccccc23)c(-c2ccccc2)c1[2H]. The molecule has 0 N–H and O–H groups in total. The fraction of sp³-hybridized carbons (Fsp3) is 0. The standard InChI is InChI=1S/C44H28O/c1-3-15-29(16-4-1)31-19-7-8-20-33(31)41-34-21-9-11-23-36(34)42(37-24-12-10-22-35(37)41)38-26-14-28-40-43(38)39-27-13-25-32(44(39)45-40)30-17-5-2-6-18-30/h1-28H/i7D,8D,13D,14D,19D,20D,25D,26D,27D,28D. The first-order chi connectivity index (χ1) is 26.5. The summed E-state index contributed by atoms with van der Waals surface area (Å²) in [6.07, 6.45) is 0. The molecule has 1 aromatic heterocycles. The Labute approximate surface area is 275 Å². The first-order valence-electron chi connectivity index (χ1n) is 19.6. The molecule has 9 aromatic rings. The van der Waals surface area contributed by atoms with Crippen molar-refractivity contribution in [3.8, 4) is 44.5 Å². The molecule has 0 aliphatic carbocycles. The largest absolute Gasteiger partial charge is 0.455 e. The number of rotatable bonds is 4. The van der Waals surface area contributed by atoms with E-state index in [2.05, 4.69) is 0 Å². The predicted octanol–water partition coefficient (Wildman–Crippen LogP) is 12.6. The zero-order valence-electron chi connectivity index (χ0n) is 33.8. The van der Waals surface area contributed by atoms with Gasteiger partial charge in [-0.3, -0.25) is 0 Å². The highest BCUT2D eigenvalue weighted by Crippen LogP contribution is 2.48. The van der Waals surface area contributed by atoms with Gasteiger partial charge in [0.25, 0.3) is 0 Å². The van der Waals surface area contributed by atoms with Crippen LogP contribution in [0.1, 0.15) is 13.7 Å². The van der Waals surface area contributed by atoms with Crippen LogP contribution in [0.4, 0.5) is 0 Å². The Morgan fingerprint density at radius 2 is 0.844 bits per heavy atom. The summed E-state index contributed by atoms with van der Waals surface area (Å²) < 4.78 is 96.7. The van der Waals surface area contributed by atoms with Crippen LogP contribution in [-0.2, 0) is 0 Å². The Balaban J connectivity index is 1.51. The van der Waals surface area contributed by atoms with Crippen molar-refractivity contribution in [2.45, 2.75) is 0 Å². The van der Waals surface area contributed by atoms with Gasteiger partial charge in [-0.2, -0.15) is 0 Å². The van der Waals surface area contributed by atoms with Gasteiger partial charge in [0.05, 0.1) is 13.7 Å². The summed E-state index contributed by atoms with van der Waals surface area (Å²) in [5, 5.41) is 2.81. The van der Waals surface area contributed by atoms with Crippen LogP contribution in [0.5, 0.6) is 0 Å². The van der Waals surface area contributed by atoms with Gasteiger partial charge in [0.15, 0.2) is 0 Å². The summed E-state index contributed by atoms with van der Waals surface area (Å²) in [4.78, 5) is 0. The molecule has 0 aliphatic heterocycles. The van der Waals surface area contributed by atoms with Gasteiger partial charge in [0, 0.05) is 16.3 Å². The third-order valence-corrected chi connectivity index (χ3v) is 8.37. The van der Waals surface area contributed by atoms with Crippen molar-refractivity contribution in [3.63, 3.8) is 0 Å². The monoisotopic (exact) mass is 582 g/mol. The zero-order chi connectivity index (χ0) is 38.4. The fourth-order valence-corrected chi connectivity index (χ4v) is 6.46. The predicted molar refractivity (Wildman–Crippen MR) is 190 cm³/mol. The number of benzene rings is 8. The summed E-state index contributed by atoms with van der Waals surface area (Å²) in [5.74, 6) is 0. The van der Waals surface area contributed by atoms with Gasteiger partial charge in [-0.25, -0.2) is 0 Å². The second-order valence-corrected chi connectivity index (χ2v) is 10.8. The lowest BCUT2D eigenvalue weighted by atomic mass is 9.83. The van der Waals surface area contributed by atoms with Crippen molar-refractivity contribution in [2.75, 3.05) is 0 Å². The molecule has 0 saturated carbocycles. The average molecular weight is 583 g/mol. The lowest BCUT2D eigenvalue weighted by molar-refractivity contribution is 0.670. The van der Waals surface area contributed by atoms with Gasteiger partial charge in [0.1, 0.15) is 11.2 Å². The molecule has 1 heterocycles. The van der Waals surface area contributed by atoms with E-state index >= 15 is 0 Å². The quantitative estimate of drug-likeness (QED) is 0.188. The van der Waals surface area contributed by atoms with Crippen molar-refractivity contribution < 1.29 is 18.1 Å². The molecule has 0 fully saturated rings. The van der Waals surface area contributed by atoms with Crippen LogP contribution in [0.2, 0.25) is 0 Å². The maximum absolute atomic E-state index is 9.49. The number of furan rings is 1. The summed E-state index contributed by atoms with van der Waals surface area (Å²) in [6.45, 7) is 0. The van der Waals surface area contributed by atoms with Gasteiger partial charge in [-0.05, 0) is 66.5 Å². The molecule has 0 atom stereocenters. The van der Waals surface area contributed by atoms with E-state index in [-0.39, 0.29) is 87.4 Å². The van der Waals surface area contributed by atoms with Gasteiger partial charge in [0.2, 0.25) is 0 Å². The molecular formula is C44H28O. The Hall–Kier alpha value is -5.92. The van der Waals surface area contributed by atoms with Gasteiger partial charge in [-0.15, -0.1) is 0 Å². The normalized spacial score (nSPS) is 14.7. The van der Waals surface area contributed by atoms with Crippen LogP contribution in [0.15, 0.2) is 174 Å². The molecule has 8 aromatic carbocycles. The minimum atomic E-state index is -0.396. The van der Waals surface area contributed by atoms with Crippen LogP contribution in [0, 0.1) is 0 Å². The summed E-state index contributed by atoms with van der Waals surface area (Å²) >= 11 is 0. The van der Waals surface area contributed by atoms with E-state index in [0.29, 0.717) is 54.9 Å². The third-order valence-electron chi connectivity index (χ3n) is 8.37. The first-order valence-corrected chi connectivity index (χ1v) is 14.6. The average Bonchev–Trinajstić information content (AvgIpc) is 3.60. The molecule has 1 heteroatoms. The maximum Gasteiger partial charge on any atom is 0.143 e. The Morgan fingerprint density at radius 3 is 1.47 bits per heavy atom. The third kappa shape index (κ3) is 4.02. The number of para-hydroxylation sites is 1. The molecule has 9 rings (SSSR count). The molecule has 45 heavy (non-hydrogen) atoms. The highest BCUT2D eigenvalue weighted by Gasteiger charge is 2.22. The van der Waals surface area contributed by atoms with E-state index < -0.39 is 6.04 Å². The zero-order valence-corrected chi connectivity index (χ0v) is 23.8. The van der Waals surface area contributed by atoms with Gasteiger partial charge >= 0.3 is 0 Å². The molecule has 0 aliphatic rings. The Bertz CT molecular complexity index is 3030. The van der Waals surface area contributed by atoms with E-state index in [4.69, 9.17) is 14.0 Å². The molecule has 1 nitrogen and oxygen atoms in total. The highest BCUT2D eigenvalue weighted by molar-refractivity contribution is 6.26. The summed E-state index contributed by atoms with van der Waals surface area (Å²) in [5.41, 5.74) is 3.48. The van der Waals surface area contributed by atoms with E-state index in [1.165, 1.54) is 0 Å². The Kier molecular flexibility index (Phi) is 4.01. The van der Waals surface area contributed by atoms with Crippen molar-refractivity contribution in [1.82, 2.24) is 0 Å². The molecule has 0 spiro atoms. The minimum absolute atomic E-state index is 0.0394. The van der Waals surface area contributed by atoms with Gasteiger partial charge in [-0.1, -0.05) is 164 Å². The molecule has 210 valence electrons. The number of fused-ring (bicyclic) bond motifs is 5. The van der Waals surface area contributed by atoms with Crippen molar-refractivity contribution in [1.29, 1.82) is 0 Å². The van der Waals surface area contributed by atoms with Crippen LogP contribution < -0.4 is 0 Å². The molecule has 0 bridgehead atoms. The van der Waals surface area contributed by atoms with Crippen LogP contribution >= 0.6 is 0 Å². The molecule has 0 amide bonds. The second kappa shape index (κ2) is 10.4. The van der Waals surface area contributed by atoms with Crippen molar-refractivity contribution in [3.05, 3.63) is 170 Å². The van der Waals surface area contributed by atoms with Crippen LogP contribution in [-0.4, -0.2) is 0 Å². The van der Waals surface area contributed by atoms with Crippen LogP contribution in [0.3, 0.4) is 0 Å². The van der Waals surface area contributed by atoms with Gasteiger partial charge < -0.3 is 4.42 Å². The van der Waals surface area contributed by atoms with E-state index in [1.54, 1.807) is 24.3 Å². The maximum atomic E-state index is 9.49. The fourth-order valence-electron chi connectivity index (χ4n) is 6.46. The van der Waals surface area contributed by atoms with E-state index in [9.17, 15) is 4.11 Å². The lowest BCUT2D eigenvalue weighted by Gasteiger charge is -2.20. The number of hydrogen-bond acceptors (Lipinski definition) is 1. The smallest absolute Gasteiger partial charge is 0.143 e. The Morgan fingerprint density at radius 1 is 0.378 bits per heavy atom. The van der Waals surface area contributed by atoms with E-state index in [0.717, 1.165) is 0 Å². The first kappa shape index (κ1) is 17.4. The molecule has 0 radical (unpaired) electrons. The van der Waals surface area contributed by atoms with Crippen LogP contribution in [0.25, 0.3) is 88.0 Å². The molecule has 0 unspecified atom stereocenters. The summed E-state index contributed by atoms with van der Waals surface area (Å²) in [6, 6.07) is 29.8. The molecule has 0 saturated heterocycles. The summed E-state index contributed by atoms with van der Waals surface area (Å²) in [7, 11) is 0. The van der Waals surface area contributed by atoms with E-state index in [1.807, 2.05) is 84.9 Å². The highest BCUT2D eigenvalue weighted by atomic mass is 16.3. The molecular weight excluding hydrogens is 544 g/mol. The topological polar surface area (TPSA) is 13.1 Å². The number of hydrogen-bond donors (Lipinski definition) is 0. The van der Waals surface area contributed by atoms with Crippen molar-refractivity contribution >= 4 is 43.5 Å².